The molecule has 0 aromatic heterocycles. The number of piperidine rings is 1. The average molecular weight is 345 g/mol. The van der Waals surface area contributed by atoms with Gasteiger partial charge in [-0.15, -0.1) is 0 Å². The molecule has 0 amide bonds. The molecule has 0 unspecified atom stereocenters. The summed E-state index contributed by atoms with van der Waals surface area (Å²) in [6, 6.07) is 9.10. The van der Waals surface area contributed by atoms with Crippen LogP contribution in [0.25, 0.3) is 0 Å². The number of hydrogen-bond donors (Lipinski definition) is 2. The third kappa shape index (κ3) is 4.23. The van der Waals surface area contributed by atoms with Gasteiger partial charge in [-0.1, -0.05) is 24.3 Å². The Labute approximate surface area is 151 Å². The van der Waals surface area contributed by atoms with Crippen LogP contribution in [0.5, 0.6) is 0 Å². The Morgan fingerprint density at radius 2 is 1.68 bits per heavy atom. The molecule has 138 valence electrons. The molecule has 2 aliphatic heterocycles. The molecule has 2 heterocycles. The van der Waals surface area contributed by atoms with E-state index in [4.69, 9.17) is 4.74 Å². The van der Waals surface area contributed by atoms with Crippen LogP contribution in [-0.4, -0.2) is 79.5 Å². The molecule has 1 aromatic rings. The van der Waals surface area contributed by atoms with Gasteiger partial charge in [-0.2, -0.15) is 0 Å². The third-order valence-electron chi connectivity index (χ3n) is 6.04. The molecule has 5 nitrogen and oxygen atoms in total. The number of rotatable bonds is 5. The fraction of sp³-hybridized carbons (Fsp3) is 0.700. The highest BCUT2D eigenvalue weighted by atomic mass is 16.5. The molecule has 3 aliphatic rings. The molecule has 25 heavy (non-hydrogen) atoms. The van der Waals surface area contributed by atoms with Gasteiger partial charge in [0.05, 0.1) is 25.4 Å². The van der Waals surface area contributed by atoms with Crippen molar-refractivity contribution in [2.24, 2.45) is 0 Å². The molecule has 1 aromatic carbocycles. The van der Waals surface area contributed by atoms with Crippen molar-refractivity contribution in [2.75, 3.05) is 52.5 Å². The van der Waals surface area contributed by atoms with E-state index in [1.807, 2.05) is 0 Å². The maximum Gasteiger partial charge on any atom is 0.0775 e. The van der Waals surface area contributed by atoms with Gasteiger partial charge in [0.1, 0.15) is 0 Å². The third-order valence-corrected chi connectivity index (χ3v) is 6.04. The topological polar surface area (TPSA) is 48.0 Å². The molecule has 0 radical (unpaired) electrons. The Hall–Kier alpha value is -0.980. The zero-order chi connectivity index (χ0) is 17.1. The SMILES string of the molecule is O[C@H]1Cc2ccccc2[C@H]1NC1CCN(CCN2CCOCC2)CC1. The number of nitrogens with zero attached hydrogens (tertiary/aromatic N) is 2. The summed E-state index contributed by atoms with van der Waals surface area (Å²) in [6.45, 7) is 8.58. The number of fused-ring (bicyclic) bond motifs is 1. The van der Waals surface area contributed by atoms with E-state index in [-0.39, 0.29) is 12.1 Å². The maximum absolute atomic E-state index is 10.4. The van der Waals surface area contributed by atoms with Crippen molar-refractivity contribution in [2.45, 2.75) is 37.5 Å². The first-order valence-corrected chi connectivity index (χ1v) is 9.84. The number of likely N-dealkylation sites (tertiary alicyclic amines) is 1. The molecule has 2 fully saturated rings. The predicted molar refractivity (Wildman–Crippen MR) is 98.8 cm³/mol. The van der Waals surface area contributed by atoms with Crippen LogP contribution in [0.1, 0.15) is 30.0 Å². The van der Waals surface area contributed by atoms with Gasteiger partial charge in [-0.05, 0) is 37.1 Å². The summed E-state index contributed by atoms with van der Waals surface area (Å²) in [6.07, 6.45) is 2.85. The molecule has 2 N–H and O–H groups in total. The van der Waals surface area contributed by atoms with E-state index in [0.717, 1.165) is 52.4 Å². The normalized spacial score (nSPS) is 29.0. The average Bonchev–Trinajstić information content (AvgIpc) is 2.97. The van der Waals surface area contributed by atoms with E-state index in [1.165, 1.54) is 30.5 Å². The van der Waals surface area contributed by atoms with Crippen LogP contribution >= 0.6 is 0 Å². The van der Waals surface area contributed by atoms with Crippen molar-refractivity contribution in [3.05, 3.63) is 35.4 Å². The van der Waals surface area contributed by atoms with Crippen molar-refractivity contribution >= 4 is 0 Å². The highest BCUT2D eigenvalue weighted by molar-refractivity contribution is 5.36. The number of aliphatic hydroxyl groups is 1. The van der Waals surface area contributed by atoms with Crippen molar-refractivity contribution in [1.29, 1.82) is 0 Å². The standard InChI is InChI=1S/C20H31N3O2/c24-19-15-16-3-1-2-4-18(16)20(19)21-17-5-7-22(8-6-17)9-10-23-11-13-25-14-12-23/h1-4,17,19-21,24H,5-15H2/t19-,20+/m0/s1. The summed E-state index contributed by atoms with van der Waals surface area (Å²) in [5, 5.41) is 14.2. The highest BCUT2D eigenvalue weighted by Crippen LogP contribution is 2.32. The summed E-state index contributed by atoms with van der Waals surface area (Å²) >= 11 is 0. The van der Waals surface area contributed by atoms with Crippen molar-refractivity contribution in [3.8, 4) is 0 Å². The first-order valence-electron chi connectivity index (χ1n) is 9.84. The Kier molecular flexibility index (Phi) is 5.68. The van der Waals surface area contributed by atoms with Crippen LogP contribution in [0.2, 0.25) is 0 Å². The van der Waals surface area contributed by atoms with E-state index in [0.29, 0.717) is 6.04 Å². The summed E-state index contributed by atoms with van der Waals surface area (Å²) in [5.41, 5.74) is 2.60. The molecule has 5 heteroatoms. The Balaban J connectivity index is 1.22. The Morgan fingerprint density at radius 3 is 2.44 bits per heavy atom. The second kappa shape index (κ2) is 8.14. The zero-order valence-electron chi connectivity index (χ0n) is 15.1. The second-order valence-corrected chi connectivity index (χ2v) is 7.68. The van der Waals surface area contributed by atoms with Crippen LogP contribution in [0, 0.1) is 0 Å². The quantitative estimate of drug-likeness (QED) is 0.835. The highest BCUT2D eigenvalue weighted by Gasteiger charge is 2.33. The fourth-order valence-electron chi connectivity index (χ4n) is 4.46. The molecule has 0 bridgehead atoms. The number of aliphatic hydroxyl groups excluding tert-OH is 1. The van der Waals surface area contributed by atoms with Crippen LogP contribution < -0.4 is 5.32 Å². The number of nitrogens with one attached hydrogen (secondary N) is 1. The largest absolute Gasteiger partial charge is 0.391 e. The Morgan fingerprint density at radius 1 is 1.00 bits per heavy atom. The minimum atomic E-state index is -0.281. The predicted octanol–water partition coefficient (Wildman–Crippen LogP) is 1.03. The van der Waals surface area contributed by atoms with Crippen LogP contribution in [0.3, 0.4) is 0 Å². The van der Waals surface area contributed by atoms with Gasteiger partial charge < -0.3 is 20.1 Å². The lowest BCUT2D eigenvalue weighted by atomic mass is 10.0. The van der Waals surface area contributed by atoms with Gasteiger partial charge in [0.25, 0.3) is 0 Å². The molecular weight excluding hydrogens is 314 g/mol. The maximum atomic E-state index is 10.4. The van der Waals surface area contributed by atoms with Crippen molar-refractivity contribution in [1.82, 2.24) is 15.1 Å². The smallest absolute Gasteiger partial charge is 0.0775 e. The molecule has 0 spiro atoms. The van der Waals surface area contributed by atoms with E-state index >= 15 is 0 Å². The van der Waals surface area contributed by atoms with E-state index in [9.17, 15) is 5.11 Å². The molecular formula is C20H31N3O2. The molecule has 2 saturated heterocycles. The van der Waals surface area contributed by atoms with Gasteiger partial charge in [0.2, 0.25) is 0 Å². The van der Waals surface area contributed by atoms with Crippen molar-refractivity contribution in [3.63, 3.8) is 0 Å². The second-order valence-electron chi connectivity index (χ2n) is 7.68. The van der Waals surface area contributed by atoms with E-state index < -0.39 is 0 Å². The summed E-state index contributed by atoms with van der Waals surface area (Å²) in [4.78, 5) is 5.10. The lowest BCUT2D eigenvalue weighted by Crippen LogP contribution is -2.47. The van der Waals surface area contributed by atoms with Gasteiger partial charge in [-0.3, -0.25) is 4.90 Å². The minimum Gasteiger partial charge on any atom is -0.391 e. The summed E-state index contributed by atoms with van der Waals surface area (Å²) in [5.74, 6) is 0. The lowest BCUT2D eigenvalue weighted by Gasteiger charge is -2.36. The molecule has 4 rings (SSSR count). The van der Waals surface area contributed by atoms with E-state index in [1.54, 1.807) is 0 Å². The summed E-state index contributed by atoms with van der Waals surface area (Å²) in [7, 11) is 0. The first-order chi connectivity index (χ1) is 12.3. The van der Waals surface area contributed by atoms with Gasteiger partial charge in [0, 0.05) is 38.6 Å². The number of morpholine rings is 1. The Bertz CT molecular complexity index is 554. The van der Waals surface area contributed by atoms with Gasteiger partial charge in [-0.25, -0.2) is 0 Å². The van der Waals surface area contributed by atoms with Crippen LogP contribution in [-0.2, 0) is 11.2 Å². The minimum absolute atomic E-state index is 0.112. The molecule has 2 atom stereocenters. The number of ether oxygens (including phenoxy) is 1. The van der Waals surface area contributed by atoms with Gasteiger partial charge >= 0.3 is 0 Å². The van der Waals surface area contributed by atoms with Gasteiger partial charge in [0.15, 0.2) is 0 Å². The molecule has 1 aliphatic carbocycles. The monoisotopic (exact) mass is 345 g/mol. The zero-order valence-corrected chi connectivity index (χ0v) is 15.1. The van der Waals surface area contributed by atoms with E-state index in [2.05, 4.69) is 39.4 Å². The van der Waals surface area contributed by atoms with Crippen molar-refractivity contribution < 1.29 is 9.84 Å². The molecule has 0 saturated carbocycles. The lowest BCUT2D eigenvalue weighted by molar-refractivity contribution is 0.0315. The number of benzene rings is 1. The first kappa shape index (κ1) is 17.4. The summed E-state index contributed by atoms with van der Waals surface area (Å²) < 4.78 is 5.42. The van der Waals surface area contributed by atoms with Crippen LogP contribution in [0.15, 0.2) is 24.3 Å². The fourth-order valence-corrected chi connectivity index (χ4v) is 4.46. The van der Waals surface area contributed by atoms with Crippen LogP contribution in [0.4, 0.5) is 0 Å². The number of hydrogen-bond acceptors (Lipinski definition) is 5.